The van der Waals surface area contributed by atoms with Crippen molar-refractivity contribution in [3.63, 3.8) is 0 Å². The van der Waals surface area contributed by atoms with Crippen molar-refractivity contribution < 1.29 is 34.8 Å². The summed E-state index contributed by atoms with van der Waals surface area (Å²) in [5, 5.41) is 0. The summed E-state index contributed by atoms with van der Waals surface area (Å²) in [4.78, 5) is 4.67. The monoisotopic (exact) mass is 420 g/mol. The number of H-pyrrole nitrogens is 1. The predicted octanol–water partition coefficient (Wildman–Crippen LogP) is 4.58. The molecule has 0 radical (unpaired) electrons. The van der Waals surface area contributed by atoms with Crippen LogP contribution >= 0.6 is 0 Å². The van der Waals surface area contributed by atoms with Crippen molar-refractivity contribution in [2.24, 2.45) is 0 Å². The van der Waals surface area contributed by atoms with Crippen LogP contribution in [0.3, 0.4) is 0 Å². The Hall–Kier alpha value is -2.82. The molecular formula is C17H10F6N2O2S. The molecule has 0 aliphatic carbocycles. The minimum Gasteiger partial charge on any atom is -0.334 e. The zero-order chi connectivity index (χ0) is 20.9. The number of nitrogens with one attached hydrogen (secondary N) is 1. The van der Waals surface area contributed by atoms with Crippen molar-refractivity contribution in [3.05, 3.63) is 59.7 Å². The van der Waals surface area contributed by atoms with Gasteiger partial charge in [-0.25, -0.2) is 26.6 Å². The molecule has 0 aliphatic rings. The first-order chi connectivity index (χ1) is 12.9. The van der Waals surface area contributed by atoms with E-state index in [-0.39, 0.29) is 11.1 Å². The molecule has 0 atom stereocenters. The van der Waals surface area contributed by atoms with Crippen LogP contribution in [0.1, 0.15) is 5.82 Å². The van der Waals surface area contributed by atoms with Crippen LogP contribution in [0.4, 0.5) is 26.3 Å². The van der Waals surface area contributed by atoms with E-state index in [0.717, 1.165) is 30.5 Å². The lowest BCUT2D eigenvalue weighted by Crippen LogP contribution is -2.07. The Labute approximate surface area is 154 Å². The van der Waals surface area contributed by atoms with Gasteiger partial charge in [0.2, 0.25) is 5.82 Å². The van der Waals surface area contributed by atoms with E-state index in [1.165, 1.54) is 0 Å². The van der Waals surface area contributed by atoms with E-state index >= 15 is 0 Å². The van der Waals surface area contributed by atoms with Gasteiger partial charge < -0.3 is 4.98 Å². The SMILES string of the molecule is CS(=O)(=O)c1ccc(-c2nc(C(F)(F)F)[nH]c2-c2cc(F)cc(F)c2)cc1F. The highest BCUT2D eigenvalue weighted by molar-refractivity contribution is 7.90. The fourth-order valence-corrected chi connectivity index (χ4v) is 3.30. The van der Waals surface area contributed by atoms with Gasteiger partial charge in [-0.1, -0.05) is 6.07 Å². The summed E-state index contributed by atoms with van der Waals surface area (Å²) in [7, 11) is -3.91. The zero-order valence-corrected chi connectivity index (χ0v) is 14.7. The number of benzene rings is 2. The molecule has 0 saturated carbocycles. The van der Waals surface area contributed by atoms with Crippen LogP contribution in [0.2, 0.25) is 0 Å². The fourth-order valence-electron chi connectivity index (χ4n) is 2.57. The number of imidazole rings is 1. The highest BCUT2D eigenvalue weighted by Gasteiger charge is 2.36. The molecule has 3 aromatic rings. The van der Waals surface area contributed by atoms with Crippen molar-refractivity contribution in [1.82, 2.24) is 9.97 Å². The van der Waals surface area contributed by atoms with E-state index in [1.807, 2.05) is 4.98 Å². The van der Waals surface area contributed by atoms with Gasteiger partial charge in [0.15, 0.2) is 9.84 Å². The Kier molecular flexibility index (Phi) is 4.74. The van der Waals surface area contributed by atoms with Crippen molar-refractivity contribution in [1.29, 1.82) is 0 Å². The van der Waals surface area contributed by atoms with Crippen LogP contribution in [0.25, 0.3) is 22.5 Å². The van der Waals surface area contributed by atoms with Gasteiger partial charge in [0.25, 0.3) is 0 Å². The number of alkyl halides is 3. The predicted molar refractivity (Wildman–Crippen MR) is 87.4 cm³/mol. The van der Waals surface area contributed by atoms with E-state index in [4.69, 9.17) is 0 Å². The van der Waals surface area contributed by atoms with Crippen LogP contribution in [-0.4, -0.2) is 24.6 Å². The number of nitrogens with zero attached hydrogens (tertiary/aromatic N) is 1. The summed E-state index contributed by atoms with van der Waals surface area (Å²) in [5.74, 6) is -4.74. The number of rotatable bonds is 3. The molecule has 0 aliphatic heterocycles. The molecule has 0 amide bonds. The summed E-state index contributed by atoms with van der Waals surface area (Å²) < 4.78 is 103. The van der Waals surface area contributed by atoms with Crippen molar-refractivity contribution in [2.45, 2.75) is 11.1 Å². The standard InChI is InChI=1S/C17H10F6N2O2S/c1-28(26,27)13-3-2-8(6-12(13)20)14-15(25-16(24-14)17(21,22)23)9-4-10(18)7-11(19)5-9/h2-7H,1H3,(H,24,25). The normalized spacial score (nSPS) is 12.4. The Morgan fingerprint density at radius 3 is 2.04 bits per heavy atom. The summed E-state index contributed by atoms with van der Waals surface area (Å²) >= 11 is 0. The summed E-state index contributed by atoms with van der Waals surface area (Å²) in [6, 6.07) is 4.70. The van der Waals surface area contributed by atoms with E-state index in [2.05, 4.69) is 4.98 Å². The quantitative estimate of drug-likeness (QED) is 0.631. The topological polar surface area (TPSA) is 62.8 Å². The van der Waals surface area contributed by atoms with E-state index < -0.39 is 55.6 Å². The van der Waals surface area contributed by atoms with Crippen molar-refractivity contribution in [2.75, 3.05) is 6.26 Å². The van der Waals surface area contributed by atoms with E-state index in [9.17, 15) is 34.8 Å². The molecule has 1 N–H and O–H groups in total. The van der Waals surface area contributed by atoms with Crippen molar-refractivity contribution in [3.8, 4) is 22.5 Å². The van der Waals surface area contributed by atoms with Gasteiger partial charge in [-0.2, -0.15) is 13.2 Å². The molecule has 3 rings (SSSR count). The lowest BCUT2D eigenvalue weighted by Gasteiger charge is -2.06. The number of hydrogen-bond donors (Lipinski definition) is 1. The number of sulfone groups is 1. The molecule has 2 aromatic carbocycles. The number of hydrogen-bond acceptors (Lipinski definition) is 3. The molecule has 4 nitrogen and oxygen atoms in total. The summed E-state index contributed by atoms with van der Waals surface area (Å²) in [6.07, 6.45) is -4.15. The van der Waals surface area contributed by atoms with E-state index in [0.29, 0.717) is 12.1 Å². The Morgan fingerprint density at radius 2 is 1.54 bits per heavy atom. The molecule has 148 valence electrons. The minimum atomic E-state index is -4.91. The second-order valence-electron chi connectivity index (χ2n) is 5.88. The van der Waals surface area contributed by atoms with E-state index in [1.54, 1.807) is 0 Å². The Morgan fingerprint density at radius 1 is 0.929 bits per heavy atom. The smallest absolute Gasteiger partial charge is 0.334 e. The maximum absolute atomic E-state index is 14.2. The number of halogens is 6. The van der Waals surface area contributed by atoms with Crippen LogP contribution in [0.15, 0.2) is 41.3 Å². The number of aromatic nitrogens is 2. The molecular weight excluding hydrogens is 410 g/mol. The number of aromatic amines is 1. The van der Waals surface area contributed by atoms with Gasteiger partial charge in [-0.3, -0.25) is 0 Å². The average Bonchev–Trinajstić information content (AvgIpc) is 2.98. The molecule has 0 saturated heterocycles. The molecule has 0 unspecified atom stereocenters. The largest absolute Gasteiger partial charge is 0.449 e. The second-order valence-corrected chi connectivity index (χ2v) is 7.87. The van der Waals surface area contributed by atoms with Crippen LogP contribution < -0.4 is 0 Å². The Bertz CT molecular complexity index is 1150. The molecule has 0 spiro atoms. The first-order valence-electron chi connectivity index (χ1n) is 7.50. The highest BCUT2D eigenvalue weighted by Crippen LogP contribution is 2.36. The average molecular weight is 420 g/mol. The fraction of sp³-hybridized carbons (Fsp3) is 0.118. The van der Waals surface area contributed by atoms with Gasteiger partial charge in [-0.15, -0.1) is 0 Å². The van der Waals surface area contributed by atoms with Gasteiger partial charge in [0, 0.05) is 23.4 Å². The summed E-state index contributed by atoms with van der Waals surface area (Å²) in [5.41, 5.74) is -1.35. The van der Waals surface area contributed by atoms with Gasteiger partial charge in [0.1, 0.15) is 22.3 Å². The zero-order valence-electron chi connectivity index (χ0n) is 13.9. The highest BCUT2D eigenvalue weighted by atomic mass is 32.2. The molecule has 28 heavy (non-hydrogen) atoms. The molecule has 0 fully saturated rings. The lowest BCUT2D eigenvalue weighted by molar-refractivity contribution is -0.144. The first-order valence-corrected chi connectivity index (χ1v) is 9.39. The summed E-state index contributed by atoms with van der Waals surface area (Å²) in [6.45, 7) is 0. The third-order valence-electron chi connectivity index (χ3n) is 3.73. The molecule has 0 bridgehead atoms. The van der Waals surface area contributed by atoms with Crippen molar-refractivity contribution >= 4 is 9.84 Å². The van der Waals surface area contributed by atoms with Gasteiger partial charge in [0.05, 0.1) is 11.4 Å². The van der Waals surface area contributed by atoms with Crippen LogP contribution in [0.5, 0.6) is 0 Å². The maximum atomic E-state index is 14.2. The molecule has 1 heterocycles. The first kappa shape index (κ1) is 19.9. The van der Waals surface area contributed by atoms with Gasteiger partial charge >= 0.3 is 6.18 Å². The third kappa shape index (κ3) is 3.88. The van der Waals surface area contributed by atoms with Gasteiger partial charge in [-0.05, 0) is 24.3 Å². The molecule has 1 aromatic heterocycles. The minimum absolute atomic E-state index is 0.212. The lowest BCUT2D eigenvalue weighted by atomic mass is 10.0. The van der Waals surface area contributed by atoms with Crippen LogP contribution in [-0.2, 0) is 16.0 Å². The third-order valence-corrected chi connectivity index (χ3v) is 4.86. The van der Waals surface area contributed by atoms with Crippen LogP contribution in [0, 0.1) is 17.5 Å². The maximum Gasteiger partial charge on any atom is 0.449 e. The Balaban J connectivity index is 2.26. The molecule has 11 heteroatoms. The second kappa shape index (κ2) is 6.66.